The van der Waals surface area contributed by atoms with E-state index in [-0.39, 0.29) is 16.9 Å². The minimum absolute atomic E-state index is 0.0214. The van der Waals surface area contributed by atoms with Gasteiger partial charge in [0.05, 0.1) is 4.92 Å². The average molecular weight is 272 g/mol. The van der Waals surface area contributed by atoms with Crippen LogP contribution in [0.4, 0.5) is 11.4 Å². The van der Waals surface area contributed by atoms with E-state index in [1.165, 1.54) is 6.07 Å². The molecule has 0 unspecified atom stereocenters. The van der Waals surface area contributed by atoms with Crippen LogP contribution in [0.15, 0.2) is 18.2 Å². The van der Waals surface area contributed by atoms with Crippen molar-refractivity contribution in [2.75, 3.05) is 0 Å². The number of non-ortho nitro benzene ring substituents is 1. The second-order valence-corrected chi connectivity index (χ2v) is 3.45. The van der Waals surface area contributed by atoms with Gasteiger partial charge in [0.1, 0.15) is 6.07 Å². The van der Waals surface area contributed by atoms with Crippen LogP contribution in [-0.2, 0) is 10.4 Å². The van der Waals surface area contributed by atoms with Crippen LogP contribution in [-0.4, -0.2) is 22.4 Å². The smallest absolute Gasteiger partial charge is 0.403 e. The number of benzene rings is 1. The molecule has 0 amide bonds. The van der Waals surface area contributed by atoms with Crippen molar-refractivity contribution in [2.24, 2.45) is 0 Å². The Bertz CT molecular complexity index is 633. The van der Waals surface area contributed by atoms with E-state index in [0.29, 0.717) is 0 Å². The fourth-order valence-corrected chi connectivity index (χ4v) is 0.814. The molecule has 94 valence electrons. The summed E-state index contributed by atoms with van der Waals surface area (Å²) in [5, 5.41) is 27.2. The zero-order valence-corrected chi connectivity index (χ0v) is 9.23. The molecule has 0 bridgehead atoms. The van der Waals surface area contributed by atoms with E-state index >= 15 is 0 Å². The maximum Gasteiger partial charge on any atom is 0.403 e. The number of diazo groups is 1. The van der Waals surface area contributed by atoms with Gasteiger partial charge in [0.2, 0.25) is 15.8 Å². The van der Waals surface area contributed by atoms with E-state index in [0.717, 1.165) is 12.1 Å². The van der Waals surface area contributed by atoms with E-state index in [1.54, 1.807) is 6.07 Å². The average Bonchev–Trinajstić information content (AvgIpc) is 2.25. The molecule has 0 fully saturated rings. The highest BCUT2D eigenvalue weighted by Gasteiger charge is 2.17. The Morgan fingerprint density at radius 3 is 2.28 bits per heavy atom. The normalized spacial score (nSPS) is 9.33. The van der Waals surface area contributed by atoms with Crippen molar-refractivity contribution in [1.82, 2.24) is 0 Å². The van der Waals surface area contributed by atoms with Crippen LogP contribution in [0.3, 0.4) is 0 Å². The molecule has 1 rings (SSSR count). The number of nitro groups is 1. The molecule has 10 nitrogen and oxygen atoms in total. The Morgan fingerprint density at radius 1 is 1.44 bits per heavy atom. The minimum Gasteiger partial charge on any atom is -0.726 e. The van der Waals surface area contributed by atoms with E-state index < -0.39 is 15.3 Å². The molecule has 0 aromatic heterocycles. The summed E-state index contributed by atoms with van der Waals surface area (Å²) < 4.78 is 32.8. The van der Waals surface area contributed by atoms with Crippen LogP contribution in [0.1, 0.15) is 5.56 Å². The van der Waals surface area contributed by atoms with Crippen LogP contribution in [0, 0.1) is 26.8 Å². The molecule has 0 saturated heterocycles. The Labute approximate surface area is 100 Å². The maximum absolute atomic E-state index is 10.3. The Balaban J connectivity index is 0.000000494. The topological polar surface area (TPSA) is 173 Å². The molecule has 0 heterocycles. The van der Waals surface area contributed by atoms with Crippen LogP contribution < -0.4 is 0 Å². The van der Waals surface area contributed by atoms with Gasteiger partial charge in [0.15, 0.2) is 10.5 Å². The molecular weight excluding hydrogens is 268 g/mol. The van der Waals surface area contributed by atoms with Gasteiger partial charge in [-0.1, -0.05) is 0 Å². The first kappa shape index (κ1) is 15.4. The third kappa shape index (κ3) is 6.09. The van der Waals surface area contributed by atoms with Crippen molar-refractivity contribution >= 4 is 21.8 Å². The standard InChI is InChI=1S/C7H3N4O2.H2O4S/c8-4-5-3-6(11(12)13)1-2-7(5)10-9;1-5(2,3)4/h1-3H;(H2,1,2,3,4)/q+1;/p-1. The number of hydrogen-bond acceptors (Lipinski definition) is 7. The monoisotopic (exact) mass is 272 g/mol. The van der Waals surface area contributed by atoms with Gasteiger partial charge in [-0.25, -0.2) is 8.42 Å². The van der Waals surface area contributed by atoms with Gasteiger partial charge in [-0.3, -0.25) is 14.7 Å². The van der Waals surface area contributed by atoms with Crippen molar-refractivity contribution in [2.45, 2.75) is 0 Å². The molecule has 0 spiro atoms. The Hall–Kier alpha value is -2.60. The Morgan fingerprint density at radius 2 is 1.94 bits per heavy atom. The molecule has 18 heavy (non-hydrogen) atoms. The van der Waals surface area contributed by atoms with Gasteiger partial charge in [0, 0.05) is 18.2 Å². The SMILES string of the molecule is N#Cc1cc([N+](=O)[O-])ccc1[N+]#N.O=S(=O)([O-])O. The third-order valence-electron chi connectivity index (χ3n) is 1.42. The number of rotatable bonds is 1. The molecule has 0 aliphatic heterocycles. The summed E-state index contributed by atoms with van der Waals surface area (Å²) >= 11 is 0. The molecule has 0 radical (unpaired) electrons. The van der Waals surface area contributed by atoms with Gasteiger partial charge >= 0.3 is 5.69 Å². The van der Waals surface area contributed by atoms with Crippen LogP contribution in [0.25, 0.3) is 4.98 Å². The van der Waals surface area contributed by atoms with E-state index in [4.69, 9.17) is 28.2 Å². The van der Waals surface area contributed by atoms with Crippen LogP contribution in [0.5, 0.6) is 0 Å². The highest BCUT2D eigenvalue weighted by molar-refractivity contribution is 7.79. The number of nitriles is 1. The Kier molecular flexibility index (Phi) is 5.32. The highest BCUT2D eigenvalue weighted by atomic mass is 32.3. The molecule has 11 heteroatoms. The summed E-state index contributed by atoms with van der Waals surface area (Å²) in [7, 11) is -4.92. The first-order chi connectivity index (χ1) is 8.19. The van der Waals surface area contributed by atoms with E-state index in [2.05, 4.69) is 4.98 Å². The van der Waals surface area contributed by atoms with E-state index in [1.807, 2.05) is 0 Å². The molecule has 1 aromatic carbocycles. The van der Waals surface area contributed by atoms with E-state index in [9.17, 15) is 10.1 Å². The number of nitro benzene ring substituents is 1. The largest absolute Gasteiger partial charge is 0.726 e. The van der Waals surface area contributed by atoms with Crippen LogP contribution in [0.2, 0.25) is 0 Å². The highest BCUT2D eigenvalue weighted by Crippen LogP contribution is 2.23. The zero-order valence-electron chi connectivity index (χ0n) is 8.42. The quantitative estimate of drug-likeness (QED) is 0.258. The fraction of sp³-hybridized carbons (Fsp3) is 0. The summed E-state index contributed by atoms with van der Waals surface area (Å²) in [6, 6.07) is 5.10. The van der Waals surface area contributed by atoms with Crippen molar-refractivity contribution < 1.29 is 22.4 Å². The third-order valence-corrected chi connectivity index (χ3v) is 1.42. The lowest BCUT2D eigenvalue weighted by molar-refractivity contribution is -0.384. The van der Waals surface area contributed by atoms with Gasteiger partial charge in [-0.05, 0) is 0 Å². The summed E-state index contributed by atoms with van der Waals surface area (Å²) in [4.78, 5) is 12.4. The molecule has 0 saturated carbocycles. The predicted octanol–water partition coefficient (Wildman–Crippen LogP) is 0.956. The lowest BCUT2D eigenvalue weighted by Gasteiger charge is -1.88. The minimum atomic E-state index is -4.92. The van der Waals surface area contributed by atoms with Gasteiger partial charge in [0.25, 0.3) is 5.69 Å². The second kappa shape index (κ2) is 6.21. The summed E-state index contributed by atoms with van der Waals surface area (Å²) in [5.74, 6) is 0. The molecule has 0 aliphatic rings. The van der Waals surface area contributed by atoms with Gasteiger partial charge in [-0.2, -0.15) is 5.26 Å². The number of hydrogen-bond donors (Lipinski definition) is 1. The zero-order chi connectivity index (χ0) is 14.3. The molecular formula is C7H4N4O6S. The summed E-state index contributed by atoms with van der Waals surface area (Å²) in [6.45, 7) is 0. The van der Waals surface area contributed by atoms with Crippen LogP contribution >= 0.6 is 0 Å². The summed E-state index contributed by atoms with van der Waals surface area (Å²) in [5.41, 5.74) is -0.214. The first-order valence-corrected chi connectivity index (χ1v) is 5.27. The lowest BCUT2D eigenvalue weighted by atomic mass is 10.2. The molecule has 0 atom stereocenters. The summed E-state index contributed by atoms with van der Waals surface area (Å²) in [6.07, 6.45) is 0. The first-order valence-electron chi connectivity index (χ1n) is 3.91. The maximum atomic E-state index is 10.3. The van der Waals surface area contributed by atoms with Gasteiger partial charge < -0.3 is 4.55 Å². The van der Waals surface area contributed by atoms with Gasteiger partial charge in [-0.15, -0.1) is 0 Å². The fourth-order valence-electron chi connectivity index (χ4n) is 0.814. The molecule has 0 aliphatic carbocycles. The number of nitrogens with zero attached hydrogens (tertiary/aromatic N) is 4. The molecule has 1 aromatic rings. The van der Waals surface area contributed by atoms with Crippen molar-refractivity contribution in [3.05, 3.63) is 38.9 Å². The second-order valence-electron chi connectivity index (χ2n) is 2.60. The predicted molar refractivity (Wildman–Crippen MR) is 54.9 cm³/mol. The van der Waals surface area contributed by atoms with Crippen molar-refractivity contribution in [3.8, 4) is 6.07 Å². The van der Waals surface area contributed by atoms with Crippen molar-refractivity contribution in [1.29, 1.82) is 10.7 Å². The molecule has 1 N–H and O–H groups in total. The lowest BCUT2D eigenvalue weighted by Crippen LogP contribution is -1.90. The van der Waals surface area contributed by atoms with Crippen molar-refractivity contribution in [3.63, 3.8) is 0 Å².